The Morgan fingerprint density at radius 2 is 1.94 bits per heavy atom. The fraction of sp³-hybridized carbons (Fsp3) is 0.450. The number of ether oxygens (including phenoxy) is 1. The molecule has 0 spiro atoms. The van der Waals surface area contributed by atoms with Gasteiger partial charge in [0.05, 0.1) is 11.3 Å². The largest absolute Gasteiger partial charge is 0.431 e. The van der Waals surface area contributed by atoms with Crippen LogP contribution >= 0.6 is 0 Å². The van der Waals surface area contributed by atoms with E-state index >= 15 is 0 Å². The van der Waals surface area contributed by atoms with E-state index in [9.17, 15) is 26.7 Å². The van der Waals surface area contributed by atoms with Crippen LogP contribution in [0.3, 0.4) is 0 Å². The number of halogens is 5. The average Bonchev–Trinajstić information content (AvgIpc) is 3.00. The predicted molar refractivity (Wildman–Crippen MR) is 106 cm³/mol. The summed E-state index contributed by atoms with van der Waals surface area (Å²) < 4.78 is 74.1. The van der Waals surface area contributed by atoms with E-state index in [2.05, 4.69) is 25.3 Å². The molecule has 0 aliphatic carbocycles. The lowest BCUT2D eigenvalue weighted by Crippen LogP contribution is -2.34. The molecule has 172 valence electrons. The lowest BCUT2D eigenvalue weighted by atomic mass is 9.97. The number of cyclic esters (lactones) is 1. The molecule has 2 aromatic rings. The first-order chi connectivity index (χ1) is 15.0. The van der Waals surface area contributed by atoms with Gasteiger partial charge in [-0.1, -0.05) is 0 Å². The number of aromatic nitrogens is 2. The molecule has 0 aromatic carbocycles. The Kier molecular flexibility index (Phi) is 5.65. The van der Waals surface area contributed by atoms with Gasteiger partial charge in [0.2, 0.25) is 6.10 Å². The van der Waals surface area contributed by atoms with Crippen LogP contribution in [-0.2, 0) is 10.7 Å². The zero-order valence-corrected chi connectivity index (χ0v) is 17.0. The molecular formula is C20H20F5N5O2. The molecule has 1 atom stereocenters. The highest BCUT2D eigenvalue weighted by molar-refractivity contribution is 5.89. The molecule has 2 aliphatic heterocycles. The lowest BCUT2D eigenvalue weighted by molar-refractivity contribution is -0.206. The van der Waals surface area contributed by atoms with Crippen LogP contribution in [0.2, 0.25) is 0 Å². The smallest absolute Gasteiger partial charge is 0.430 e. The molecule has 1 fully saturated rings. The van der Waals surface area contributed by atoms with Gasteiger partial charge in [-0.25, -0.2) is 23.5 Å². The minimum Gasteiger partial charge on any atom is -0.431 e. The maximum absolute atomic E-state index is 14.3. The Morgan fingerprint density at radius 1 is 1.16 bits per heavy atom. The summed E-state index contributed by atoms with van der Waals surface area (Å²) in [6, 6.07) is 3.55. The number of nitrogens with one attached hydrogen (secondary N) is 2. The standard InChI is InChI=1S/C20H20F5N5O2/c1-19(21,22)11-9-13(28-14(10-11)30-7-2-4-26-6-8-30)12-3-5-27-17-15(12)16(20(23,24)25)32-18(31)29-17/h3,5,9-10,16,26H,2,4,6-8H2,1H3,(H,27,29,31)/t16-/m1/s1. The summed E-state index contributed by atoms with van der Waals surface area (Å²) in [5, 5.41) is 5.33. The highest BCUT2D eigenvalue weighted by Gasteiger charge is 2.49. The number of rotatable bonds is 3. The van der Waals surface area contributed by atoms with Crippen molar-refractivity contribution >= 4 is 17.7 Å². The molecule has 1 saturated heterocycles. The van der Waals surface area contributed by atoms with Crippen molar-refractivity contribution < 1.29 is 31.5 Å². The summed E-state index contributed by atoms with van der Waals surface area (Å²) >= 11 is 0. The molecule has 12 heteroatoms. The van der Waals surface area contributed by atoms with Crippen molar-refractivity contribution in [1.82, 2.24) is 15.3 Å². The zero-order valence-electron chi connectivity index (χ0n) is 17.0. The molecule has 32 heavy (non-hydrogen) atoms. The molecule has 2 aromatic heterocycles. The zero-order chi connectivity index (χ0) is 23.1. The third-order valence-corrected chi connectivity index (χ3v) is 5.25. The fourth-order valence-corrected chi connectivity index (χ4v) is 3.73. The van der Waals surface area contributed by atoms with Crippen molar-refractivity contribution in [2.75, 3.05) is 36.4 Å². The second kappa shape index (κ2) is 8.15. The average molecular weight is 457 g/mol. The molecular weight excluding hydrogens is 437 g/mol. The van der Waals surface area contributed by atoms with Crippen molar-refractivity contribution in [3.05, 3.63) is 35.5 Å². The van der Waals surface area contributed by atoms with E-state index < -0.39 is 29.9 Å². The number of carbonyl (C=O) groups excluding carboxylic acids is 1. The number of fused-ring (bicyclic) bond motifs is 1. The van der Waals surface area contributed by atoms with E-state index in [0.717, 1.165) is 19.0 Å². The fourth-order valence-electron chi connectivity index (χ4n) is 3.73. The van der Waals surface area contributed by atoms with E-state index in [1.165, 1.54) is 18.3 Å². The second-order valence-electron chi connectivity index (χ2n) is 7.65. The predicted octanol–water partition coefficient (Wildman–Crippen LogP) is 4.22. The first-order valence-corrected chi connectivity index (χ1v) is 9.94. The van der Waals surface area contributed by atoms with Crippen LogP contribution in [-0.4, -0.2) is 48.4 Å². The Hall–Kier alpha value is -3.02. The van der Waals surface area contributed by atoms with Gasteiger partial charge in [-0.05, 0) is 31.2 Å². The highest BCUT2D eigenvalue weighted by atomic mass is 19.4. The van der Waals surface area contributed by atoms with Gasteiger partial charge in [-0.3, -0.25) is 5.32 Å². The molecule has 0 radical (unpaired) electrons. The monoisotopic (exact) mass is 457 g/mol. The molecule has 0 bridgehead atoms. The summed E-state index contributed by atoms with van der Waals surface area (Å²) in [5.74, 6) is -3.37. The summed E-state index contributed by atoms with van der Waals surface area (Å²) in [6.45, 7) is 3.14. The normalized spacial score (nSPS) is 19.6. The number of amides is 1. The minimum absolute atomic E-state index is 0.0936. The van der Waals surface area contributed by atoms with E-state index in [0.29, 0.717) is 26.6 Å². The van der Waals surface area contributed by atoms with Gasteiger partial charge in [-0.2, -0.15) is 13.2 Å². The third kappa shape index (κ3) is 4.45. The topological polar surface area (TPSA) is 79.4 Å². The first kappa shape index (κ1) is 22.2. The SMILES string of the molecule is CC(F)(F)c1cc(-c2ccnc3c2[C@H](C(F)(F)F)OC(=O)N3)nc(N2CCCNCC2)c1. The quantitative estimate of drug-likeness (QED) is 0.672. The van der Waals surface area contributed by atoms with Gasteiger partial charge >= 0.3 is 12.3 Å². The molecule has 2 aliphatic rings. The van der Waals surface area contributed by atoms with E-state index in [1.54, 1.807) is 0 Å². The molecule has 7 nitrogen and oxygen atoms in total. The Labute approximate surface area is 180 Å². The highest BCUT2D eigenvalue weighted by Crippen LogP contribution is 2.46. The maximum Gasteiger partial charge on any atom is 0.430 e. The van der Waals surface area contributed by atoms with Gasteiger partial charge in [0.25, 0.3) is 5.92 Å². The second-order valence-corrected chi connectivity index (χ2v) is 7.65. The van der Waals surface area contributed by atoms with Crippen LogP contribution in [0, 0.1) is 0 Å². The van der Waals surface area contributed by atoms with E-state index in [1.807, 2.05) is 4.90 Å². The molecule has 0 saturated carbocycles. The Balaban J connectivity index is 1.89. The van der Waals surface area contributed by atoms with Crippen LogP contribution in [0.15, 0.2) is 24.4 Å². The van der Waals surface area contributed by atoms with Gasteiger partial charge in [0.15, 0.2) is 0 Å². The van der Waals surface area contributed by atoms with Crippen LogP contribution < -0.4 is 15.5 Å². The van der Waals surface area contributed by atoms with Gasteiger partial charge in [0.1, 0.15) is 11.6 Å². The Bertz CT molecular complexity index is 1020. The van der Waals surface area contributed by atoms with Crippen LogP contribution in [0.25, 0.3) is 11.3 Å². The number of alkyl halides is 5. The summed E-state index contributed by atoms with van der Waals surface area (Å²) in [4.78, 5) is 21.7. The number of hydrogen-bond acceptors (Lipinski definition) is 6. The number of carbonyl (C=O) groups is 1. The summed E-state index contributed by atoms with van der Waals surface area (Å²) in [5.41, 5.74) is -1.06. The number of hydrogen-bond donors (Lipinski definition) is 2. The van der Waals surface area contributed by atoms with Crippen molar-refractivity contribution in [3.8, 4) is 11.3 Å². The van der Waals surface area contributed by atoms with Gasteiger partial charge < -0.3 is 15.0 Å². The van der Waals surface area contributed by atoms with Crippen molar-refractivity contribution in [3.63, 3.8) is 0 Å². The molecule has 4 heterocycles. The summed E-state index contributed by atoms with van der Waals surface area (Å²) in [7, 11) is 0. The molecule has 1 amide bonds. The van der Waals surface area contributed by atoms with Gasteiger partial charge in [-0.15, -0.1) is 0 Å². The van der Waals surface area contributed by atoms with Crippen LogP contribution in [0.4, 0.5) is 38.4 Å². The van der Waals surface area contributed by atoms with E-state index in [-0.39, 0.29) is 28.5 Å². The van der Waals surface area contributed by atoms with Gasteiger partial charge in [0, 0.05) is 43.9 Å². The Morgan fingerprint density at radius 3 is 2.66 bits per heavy atom. The number of nitrogens with zero attached hydrogens (tertiary/aromatic N) is 3. The molecule has 0 unspecified atom stereocenters. The summed E-state index contributed by atoms with van der Waals surface area (Å²) in [6.07, 6.45) is -6.90. The number of anilines is 2. The minimum atomic E-state index is -4.93. The van der Waals surface area contributed by atoms with Crippen LogP contribution in [0.5, 0.6) is 0 Å². The third-order valence-electron chi connectivity index (χ3n) is 5.25. The lowest BCUT2D eigenvalue weighted by Gasteiger charge is -2.29. The molecule has 2 N–H and O–H groups in total. The maximum atomic E-state index is 14.3. The molecule has 4 rings (SSSR count). The van der Waals surface area contributed by atoms with E-state index in [4.69, 9.17) is 0 Å². The van der Waals surface area contributed by atoms with Crippen LogP contribution in [0.1, 0.15) is 30.6 Å². The van der Waals surface area contributed by atoms with Crippen molar-refractivity contribution in [1.29, 1.82) is 0 Å². The van der Waals surface area contributed by atoms with Crippen molar-refractivity contribution in [2.45, 2.75) is 31.5 Å². The first-order valence-electron chi connectivity index (χ1n) is 9.94. The van der Waals surface area contributed by atoms with Crippen molar-refractivity contribution in [2.24, 2.45) is 0 Å². The number of pyridine rings is 2.